The van der Waals surface area contributed by atoms with Crippen molar-refractivity contribution in [2.24, 2.45) is 3.21 Å². The third kappa shape index (κ3) is 3.02. The number of anilines is 1. The summed E-state index contributed by atoms with van der Waals surface area (Å²) in [5.74, 6) is 0. The molecule has 2 nitrogen and oxygen atoms in total. The SMILES string of the molecule is CSC(=NI)Nc1ccccc1. The first kappa shape index (κ1) is 9.85. The first-order valence-corrected chi connectivity index (χ1v) is 5.61. The predicted molar refractivity (Wildman–Crippen MR) is 65.0 cm³/mol. The van der Waals surface area contributed by atoms with E-state index in [0.717, 1.165) is 10.9 Å². The molecular formula is C8H9IN2S. The van der Waals surface area contributed by atoms with Gasteiger partial charge in [0.25, 0.3) is 0 Å². The van der Waals surface area contributed by atoms with Gasteiger partial charge in [-0.1, -0.05) is 30.0 Å². The highest BCUT2D eigenvalue weighted by atomic mass is 127. The molecule has 0 aliphatic rings. The zero-order valence-corrected chi connectivity index (χ0v) is 9.59. The molecule has 0 radical (unpaired) electrons. The van der Waals surface area contributed by atoms with Gasteiger partial charge in [-0.05, 0) is 18.4 Å². The third-order valence-corrected chi connectivity index (χ3v) is 2.69. The van der Waals surface area contributed by atoms with Crippen molar-refractivity contribution in [1.29, 1.82) is 0 Å². The molecule has 0 unspecified atom stereocenters. The summed E-state index contributed by atoms with van der Waals surface area (Å²) in [4.78, 5) is 0. The van der Waals surface area contributed by atoms with Crippen molar-refractivity contribution in [3.05, 3.63) is 30.3 Å². The summed E-state index contributed by atoms with van der Waals surface area (Å²) >= 11 is 3.58. The maximum atomic E-state index is 4.04. The van der Waals surface area contributed by atoms with Gasteiger partial charge in [-0.15, -0.1) is 0 Å². The molecule has 0 aliphatic heterocycles. The van der Waals surface area contributed by atoms with Gasteiger partial charge in [-0.25, -0.2) is 0 Å². The molecule has 0 aromatic heterocycles. The number of amidine groups is 1. The summed E-state index contributed by atoms with van der Waals surface area (Å²) < 4.78 is 4.04. The Bertz CT molecular complexity index is 261. The highest BCUT2D eigenvalue weighted by Crippen LogP contribution is 2.10. The molecule has 0 saturated carbocycles. The first-order chi connectivity index (χ1) is 5.86. The summed E-state index contributed by atoms with van der Waals surface area (Å²) in [7, 11) is 0. The Balaban J connectivity index is 2.64. The quantitative estimate of drug-likeness (QED) is 0.488. The lowest BCUT2D eigenvalue weighted by molar-refractivity contribution is 1.65. The normalized spacial score (nSPS) is 11.3. The molecule has 1 aromatic carbocycles. The van der Waals surface area contributed by atoms with Gasteiger partial charge in [0.2, 0.25) is 0 Å². The molecule has 4 heteroatoms. The largest absolute Gasteiger partial charge is 0.334 e. The van der Waals surface area contributed by atoms with Crippen LogP contribution in [-0.2, 0) is 0 Å². The van der Waals surface area contributed by atoms with Crippen LogP contribution in [0.2, 0.25) is 0 Å². The van der Waals surface area contributed by atoms with Gasteiger partial charge in [-0.3, -0.25) is 0 Å². The van der Waals surface area contributed by atoms with Crippen LogP contribution in [0.15, 0.2) is 33.5 Å². The maximum absolute atomic E-state index is 4.04. The highest BCUT2D eigenvalue weighted by molar-refractivity contribution is 14.1. The molecule has 0 saturated heterocycles. The van der Waals surface area contributed by atoms with Crippen molar-refractivity contribution in [2.45, 2.75) is 0 Å². The molecule has 0 fully saturated rings. The zero-order chi connectivity index (χ0) is 8.81. The molecule has 1 N–H and O–H groups in total. The Morgan fingerprint density at radius 3 is 2.58 bits per heavy atom. The van der Waals surface area contributed by atoms with Gasteiger partial charge in [-0.2, -0.15) is 3.21 Å². The number of hydrogen-bond donors (Lipinski definition) is 1. The molecule has 0 aliphatic carbocycles. The average Bonchev–Trinajstić information content (AvgIpc) is 2.16. The molecular weight excluding hydrogens is 283 g/mol. The molecule has 64 valence electrons. The molecule has 12 heavy (non-hydrogen) atoms. The van der Waals surface area contributed by atoms with E-state index in [1.807, 2.05) is 59.5 Å². The second kappa shape index (κ2) is 5.42. The van der Waals surface area contributed by atoms with E-state index < -0.39 is 0 Å². The van der Waals surface area contributed by atoms with Crippen LogP contribution < -0.4 is 5.32 Å². The Kier molecular flexibility index (Phi) is 4.45. The minimum Gasteiger partial charge on any atom is -0.334 e. The Morgan fingerprint density at radius 2 is 2.08 bits per heavy atom. The molecule has 1 aromatic rings. The number of benzene rings is 1. The lowest BCUT2D eigenvalue weighted by atomic mass is 10.3. The molecule has 1 rings (SSSR count). The molecule has 0 amide bonds. The van der Waals surface area contributed by atoms with Crippen molar-refractivity contribution >= 4 is 45.5 Å². The minimum atomic E-state index is 0.918. The average molecular weight is 292 g/mol. The van der Waals surface area contributed by atoms with Crippen molar-refractivity contribution in [2.75, 3.05) is 11.6 Å². The van der Waals surface area contributed by atoms with Gasteiger partial charge in [0.05, 0.1) is 22.9 Å². The number of nitrogens with one attached hydrogen (secondary N) is 1. The van der Waals surface area contributed by atoms with E-state index in [2.05, 4.69) is 8.52 Å². The van der Waals surface area contributed by atoms with Crippen molar-refractivity contribution in [3.63, 3.8) is 0 Å². The second-order valence-electron chi connectivity index (χ2n) is 2.08. The summed E-state index contributed by atoms with van der Waals surface area (Å²) in [6, 6.07) is 10.0. The second-order valence-corrected chi connectivity index (χ2v) is 3.36. The number of para-hydroxylation sites is 1. The van der Waals surface area contributed by atoms with E-state index in [9.17, 15) is 0 Å². The third-order valence-electron chi connectivity index (χ3n) is 1.30. The van der Waals surface area contributed by atoms with E-state index >= 15 is 0 Å². The topological polar surface area (TPSA) is 24.4 Å². The molecule has 0 bridgehead atoms. The van der Waals surface area contributed by atoms with Crippen LogP contribution in [-0.4, -0.2) is 11.4 Å². The highest BCUT2D eigenvalue weighted by Gasteiger charge is 1.94. The lowest BCUT2D eigenvalue weighted by Crippen LogP contribution is -2.05. The van der Waals surface area contributed by atoms with Crippen LogP contribution in [0.25, 0.3) is 0 Å². The smallest absolute Gasteiger partial charge is 0.171 e. The van der Waals surface area contributed by atoms with Gasteiger partial charge in [0.1, 0.15) is 0 Å². The monoisotopic (exact) mass is 292 g/mol. The maximum Gasteiger partial charge on any atom is 0.171 e. The fourth-order valence-electron chi connectivity index (χ4n) is 0.752. The number of hydrogen-bond acceptors (Lipinski definition) is 2. The minimum absolute atomic E-state index is 0.918. The Labute approximate surface area is 90.3 Å². The lowest BCUT2D eigenvalue weighted by Gasteiger charge is -2.04. The molecule has 0 atom stereocenters. The molecule has 0 heterocycles. The predicted octanol–water partition coefficient (Wildman–Crippen LogP) is 3.17. The number of thioether (sulfide) groups is 1. The first-order valence-electron chi connectivity index (χ1n) is 3.42. The van der Waals surface area contributed by atoms with E-state index in [0.29, 0.717) is 0 Å². The van der Waals surface area contributed by atoms with Crippen LogP contribution >= 0.6 is 34.6 Å². The standard InChI is InChI=1S/C8H9IN2S/c1-12-8(11-9)10-7-5-3-2-4-6-7/h2-6H,1H3,(H,10,11). The van der Waals surface area contributed by atoms with Gasteiger partial charge in [0, 0.05) is 5.69 Å². The Morgan fingerprint density at radius 1 is 1.42 bits per heavy atom. The van der Waals surface area contributed by atoms with Gasteiger partial charge < -0.3 is 5.32 Å². The summed E-state index contributed by atoms with van der Waals surface area (Å²) in [6.07, 6.45) is 1.99. The summed E-state index contributed by atoms with van der Waals surface area (Å²) in [6.45, 7) is 0. The van der Waals surface area contributed by atoms with Crippen LogP contribution in [0, 0.1) is 0 Å². The van der Waals surface area contributed by atoms with Crippen LogP contribution in [0.4, 0.5) is 5.69 Å². The van der Waals surface area contributed by atoms with E-state index in [4.69, 9.17) is 0 Å². The fourth-order valence-corrected chi connectivity index (χ4v) is 1.75. The number of halogens is 1. The van der Waals surface area contributed by atoms with Gasteiger partial charge >= 0.3 is 0 Å². The van der Waals surface area contributed by atoms with Crippen LogP contribution in [0.1, 0.15) is 0 Å². The van der Waals surface area contributed by atoms with Crippen LogP contribution in [0.5, 0.6) is 0 Å². The zero-order valence-electron chi connectivity index (χ0n) is 6.62. The van der Waals surface area contributed by atoms with Crippen molar-refractivity contribution in [1.82, 2.24) is 0 Å². The summed E-state index contributed by atoms with van der Waals surface area (Å²) in [5, 5.41) is 4.10. The van der Waals surface area contributed by atoms with E-state index in [1.54, 1.807) is 11.8 Å². The van der Waals surface area contributed by atoms with Crippen molar-refractivity contribution in [3.8, 4) is 0 Å². The summed E-state index contributed by atoms with van der Waals surface area (Å²) in [5.41, 5.74) is 1.07. The fraction of sp³-hybridized carbons (Fsp3) is 0.125. The van der Waals surface area contributed by atoms with Crippen LogP contribution in [0.3, 0.4) is 0 Å². The van der Waals surface area contributed by atoms with E-state index in [-0.39, 0.29) is 0 Å². The van der Waals surface area contributed by atoms with E-state index in [1.165, 1.54) is 0 Å². The van der Waals surface area contributed by atoms with Crippen molar-refractivity contribution < 1.29 is 0 Å². The number of nitrogens with zero attached hydrogens (tertiary/aromatic N) is 1. The van der Waals surface area contributed by atoms with Gasteiger partial charge in [0.15, 0.2) is 5.17 Å². The molecule has 0 spiro atoms. The Hall–Kier alpha value is -0.230. The number of rotatable bonds is 1.